The van der Waals surface area contributed by atoms with Crippen LogP contribution in [0.3, 0.4) is 0 Å². The zero-order chi connectivity index (χ0) is 18.1. The first kappa shape index (κ1) is 19.1. The number of benzene rings is 1. The molecule has 1 fully saturated rings. The monoisotopic (exact) mass is 380 g/mol. The summed E-state index contributed by atoms with van der Waals surface area (Å²) in [4.78, 5) is 13.1. The molecule has 24 heavy (non-hydrogen) atoms. The van der Waals surface area contributed by atoms with Gasteiger partial charge in [0, 0.05) is 24.8 Å². The maximum absolute atomic E-state index is 14.1. The number of hydrogen-bond acceptors (Lipinski definition) is 2. The first-order valence-corrected chi connectivity index (χ1v) is 8.33. The Morgan fingerprint density at radius 1 is 1.25 bits per heavy atom. The van der Waals surface area contributed by atoms with Crippen LogP contribution < -0.4 is 5.32 Å². The lowest BCUT2D eigenvalue weighted by Crippen LogP contribution is -2.30. The Balaban J connectivity index is 2.24. The van der Waals surface area contributed by atoms with Crippen LogP contribution in [0.5, 0.6) is 0 Å². The van der Waals surface area contributed by atoms with E-state index in [9.17, 15) is 22.4 Å². The molecule has 3 nitrogen and oxygen atoms in total. The number of rotatable bonds is 4. The van der Waals surface area contributed by atoms with E-state index in [2.05, 4.69) is 11.9 Å². The molecule has 1 heterocycles. The summed E-state index contributed by atoms with van der Waals surface area (Å²) in [5.41, 5.74) is -0.872. The van der Waals surface area contributed by atoms with Crippen molar-refractivity contribution < 1.29 is 22.4 Å². The Hall–Kier alpha value is -1.19. The Labute approximate surface area is 142 Å². The molecule has 1 aromatic carbocycles. The van der Waals surface area contributed by atoms with Crippen LogP contribution in [-0.2, 0) is 16.1 Å². The van der Waals surface area contributed by atoms with Gasteiger partial charge in [0.25, 0.3) is 0 Å². The predicted octanol–water partition coefficient (Wildman–Crippen LogP) is 3.73. The second-order valence-corrected chi connectivity index (χ2v) is 8.03. The maximum Gasteiger partial charge on any atom is 0.416 e. The lowest BCUT2D eigenvalue weighted by atomic mass is 10.1. The van der Waals surface area contributed by atoms with Gasteiger partial charge in [-0.25, -0.2) is 4.39 Å². The summed E-state index contributed by atoms with van der Waals surface area (Å²) in [6, 6.07) is 2.87. The Kier molecular flexibility index (Phi) is 5.56. The van der Waals surface area contributed by atoms with Crippen molar-refractivity contribution in [3.63, 3.8) is 0 Å². The van der Waals surface area contributed by atoms with Crippen LogP contribution >= 0.6 is 18.5 Å². The molecule has 1 aliphatic heterocycles. The summed E-state index contributed by atoms with van der Waals surface area (Å²) in [6.07, 6.45) is -2.79. The van der Waals surface area contributed by atoms with Crippen LogP contribution in [0.15, 0.2) is 30.9 Å². The standard InChI is InChI=1S/C15H18F4N2OP2/c1-2-13(22)21-4-3-11(8-21)20-12-6-9(14(16,17)18)5-10(7-12)15(19,23)24/h2,5-7,11,20H,1,3-4,8,23-24H2/t11-/m0/s1. The fourth-order valence-corrected chi connectivity index (χ4v) is 2.87. The molecule has 9 heteroatoms. The van der Waals surface area contributed by atoms with Crippen LogP contribution in [0.1, 0.15) is 17.5 Å². The lowest BCUT2D eigenvalue weighted by Gasteiger charge is -2.21. The van der Waals surface area contributed by atoms with E-state index < -0.39 is 16.9 Å². The van der Waals surface area contributed by atoms with Crippen LogP contribution in [0, 0.1) is 0 Å². The minimum Gasteiger partial charge on any atom is -0.380 e. The molecule has 3 atom stereocenters. The molecule has 1 N–H and O–H groups in total. The average molecular weight is 380 g/mol. The number of carbonyl (C=O) groups excluding carboxylic acids is 1. The molecule has 1 aromatic rings. The summed E-state index contributed by atoms with van der Waals surface area (Å²) in [5, 5.41) is 0.904. The number of alkyl halides is 4. The molecule has 2 rings (SSSR count). The van der Waals surface area contributed by atoms with Gasteiger partial charge in [0.2, 0.25) is 5.91 Å². The van der Waals surface area contributed by atoms with Crippen molar-refractivity contribution in [1.29, 1.82) is 0 Å². The number of anilines is 1. The van der Waals surface area contributed by atoms with Gasteiger partial charge in [0.15, 0.2) is 5.15 Å². The number of carbonyl (C=O) groups is 1. The fraction of sp³-hybridized carbons (Fsp3) is 0.400. The average Bonchev–Trinajstić information content (AvgIpc) is 2.92. The number of nitrogens with one attached hydrogen (secondary N) is 1. The molecule has 0 radical (unpaired) electrons. The normalized spacial score (nSPS) is 18.6. The number of nitrogens with zero attached hydrogens (tertiary/aromatic N) is 1. The van der Waals surface area contributed by atoms with E-state index in [0.29, 0.717) is 19.5 Å². The van der Waals surface area contributed by atoms with Gasteiger partial charge in [-0.05, 0) is 36.3 Å². The highest BCUT2D eigenvalue weighted by Crippen LogP contribution is 2.43. The number of hydrogen-bond donors (Lipinski definition) is 1. The Bertz CT molecular complexity index is 611. The van der Waals surface area contributed by atoms with Crippen molar-refractivity contribution in [3.05, 3.63) is 42.0 Å². The van der Waals surface area contributed by atoms with Crippen molar-refractivity contribution in [2.75, 3.05) is 18.4 Å². The zero-order valence-electron chi connectivity index (χ0n) is 12.7. The quantitative estimate of drug-likeness (QED) is 0.491. The van der Waals surface area contributed by atoms with E-state index in [1.807, 2.05) is 18.5 Å². The van der Waals surface area contributed by atoms with Crippen LogP contribution in [-0.4, -0.2) is 29.9 Å². The molecule has 1 amide bonds. The van der Waals surface area contributed by atoms with Crippen molar-refractivity contribution in [3.8, 4) is 0 Å². The first-order chi connectivity index (χ1) is 11.0. The van der Waals surface area contributed by atoms with Crippen molar-refractivity contribution in [2.24, 2.45) is 0 Å². The van der Waals surface area contributed by atoms with E-state index in [1.165, 1.54) is 12.1 Å². The second kappa shape index (κ2) is 6.97. The molecule has 0 saturated carbocycles. The van der Waals surface area contributed by atoms with E-state index in [0.717, 1.165) is 12.1 Å². The van der Waals surface area contributed by atoms with E-state index >= 15 is 0 Å². The van der Waals surface area contributed by atoms with Gasteiger partial charge < -0.3 is 10.2 Å². The van der Waals surface area contributed by atoms with Gasteiger partial charge in [0.05, 0.1) is 5.56 Å². The third-order valence-corrected chi connectivity index (χ3v) is 4.41. The topological polar surface area (TPSA) is 32.3 Å². The minimum absolute atomic E-state index is 0.119. The molecule has 0 bridgehead atoms. The summed E-state index contributed by atoms with van der Waals surface area (Å²) >= 11 is 0. The van der Waals surface area contributed by atoms with Gasteiger partial charge in [-0.2, -0.15) is 13.2 Å². The van der Waals surface area contributed by atoms with Crippen LogP contribution in [0.25, 0.3) is 0 Å². The number of likely N-dealkylation sites (tertiary alicyclic amines) is 1. The molecule has 1 aliphatic rings. The number of amides is 1. The smallest absolute Gasteiger partial charge is 0.380 e. The highest BCUT2D eigenvalue weighted by molar-refractivity contribution is 7.38. The van der Waals surface area contributed by atoms with Crippen LogP contribution in [0.2, 0.25) is 0 Å². The molecule has 1 saturated heterocycles. The molecular formula is C15H18F4N2OP2. The highest BCUT2D eigenvalue weighted by atomic mass is 31.1. The predicted molar refractivity (Wildman–Crippen MR) is 92.5 cm³/mol. The zero-order valence-corrected chi connectivity index (χ0v) is 15.0. The molecule has 0 aliphatic carbocycles. The highest BCUT2D eigenvalue weighted by Gasteiger charge is 2.34. The summed E-state index contributed by atoms with van der Waals surface area (Å²) in [6.45, 7) is 4.26. The van der Waals surface area contributed by atoms with E-state index in [-0.39, 0.29) is 23.2 Å². The summed E-state index contributed by atoms with van der Waals surface area (Å²) in [5.74, 6) is -0.221. The Morgan fingerprint density at radius 3 is 2.42 bits per heavy atom. The molecule has 2 unspecified atom stereocenters. The van der Waals surface area contributed by atoms with Crippen molar-refractivity contribution in [2.45, 2.75) is 23.8 Å². The maximum atomic E-state index is 14.1. The van der Waals surface area contributed by atoms with E-state index in [4.69, 9.17) is 0 Å². The largest absolute Gasteiger partial charge is 0.416 e. The van der Waals surface area contributed by atoms with Gasteiger partial charge >= 0.3 is 6.18 Å². The van der Waals surface area contributed by atoms with Crippen LogP contribution in [0.4, 0.5) is 23.2 Å². The SMILES string of the molecule is C=CC(=O)N1CC[C@H](Nc2cc(C(F)(F)F)cc(C(F)(P)P)c2)C1. The molecule has 132 valence electrons. The van der Waals surface area contributed by atoms with Crippen molar-refractivity contribution in [1.82, 2.24) is 4.90 Å². The summed E-state index contributed by atoms with van der Waals surface area (Å²) < 4.78 is 53.2. The van der Waals surface area contributed by atoms with Gasteiger partial charge in [-0.3, -0.25) is 4.79 Å². The molecule has 0 aromatic heterocycles. The third kappa shape index (κ3) is 4.67. The molecular weight excluding hydrogens is 362 g/mol. The minimum atomic E-state index is -4.58. The van der Waals surface area contributed by atoms with Gasteiger partial charge in [-0.15, -0.1) is 0 Å². The van der Waals surface area contributed by atoms with Gasteiger partial charge in [0.1, 0.15) is 0 Å². The Morgan fingerprint density at radius 2 is 1.88 bits per heavy atom. The summed E-state index contributed by atoms with van der Waals surface area (Å²) in [7, 11) is 3.72. The third-order valence-electron chi connectivity index (χ3n) is 3.75. The first-order valence-electron chi connectivity index (χ1n) is 7.18. The van der Waals surface area contributed by atoms with Gasteiger partial charge in [-0.1, -0.05) is 25.1 Å². The second-order valence-electron chi connectivity index (χ2n) is 5.68. The van der Waals surface area contributed by atoms with E-state index in [1.54, 1.807) is 4.90 Å². The number of halogens is 4. The molecule has 0 spiro atoms. The van der Waals surface area contributed by atoms with Crippen molar-refractivity contribution >= 4 is 30.1 Å². The fourth-order valence-electron chi connectivity index (χ4n) is 2.54. The lowest BCUT2D eigenvalue weighted by molar-refractivity contribution is -0.137.